The number of amides is 1. The number of ether oxygens (including phenoxy) is 1. The van der Waals surface area contributed by atoms with Crippen LogP contribution in [-0.4, -0.2) is 32.2 Å². The largest absolute Gasteiger partial charge is 0.375 e. The Bertz CT molecular complexity index is 106. The number of carbonyl (C=O) groups excluding carboxylic acids is 1. The molecule has 0 aliphatic carbocycles. The van der Waals surface area contributed by atoms with Crippen LogP contribution in [0.1, 0.15) is 6.92 Å². The minimum Gasteiger partial charge on any atom is -0.375 e. The molecule has 1 atom stereocenters. The molecule has 4 nitrogen and oxygen atoms in total. The third kappa shape index (κ3) is 4.29. The maximum Gasteiger partial charge on any atom is 0.246 e. The van der Waals surface area contributed by atoms with E-state index < -0.39 is 0 Å². The topological polar surface area (TPSA) is 64.3 Å². The molecule has 0 spiro atoms. The molecule has 0 unspecified atom stereocenters. The van der Waals surface area contributed by atoms with Gasteiger partial charge in [0.25, 0.3) is 0 Å². The summed E-state index contributed by atoms with van der Waals surface area (Å²) >= 11 is 0. The van der Waals surface area contributed by atoms with Crippen LogP contribution >= 0.6 is 0 Å². The van der Waals surface area contributed by atoms with Crippen LogP contribution in [-0.2, 0) is 9.53 Å². The van der Waals surface area contributed by atoms with Crippen molar-refractivity contribution in [1.82, 2.24) is 5.32 Å². The molecule has 0 aromatic heterocycles. The summed E-state index contributed by atoms with van der Waals surface area (Å²) in [6.07, 6.45) is 0. The fourth-order valence-corrected chi connectivity index (χ4v) is 0.507. The van der Waals surface area contributed by atoms with Crippen molar-refractivity contribution in [2.24, 2.45) is 5.73 Å². The van der Waals surface area contributed by atoms with Crippen LogP contribution < -0.4 is 11.1 Å². The van der Waals surface area contributed by atoms with Gasteiger partial charge >= 0.3 is 0 Å². The molecule has 0 fully saturated rings. The number of methoxy groups -OCH3 is 1. The monoisotopic (exact) mass is 146 g/mol. The highest BCUT2D eigenvalue weighted by Crippen LogP contribution is 1.76. The van der Waals surface area contributed by atoms with Crippen molar-refractivity contribution >= 4 is 5.91 Å². The van der Waals surface area contributed by atoms with Crippen molar-refractivity contribution < 1.29 is 9.53 Å². The van der Waals surface area contributed by atoms with Crippen LogP contribution in [0, 0.1) is 0 Å². The van der Waals surface area contributed by atoms with Crippen LogP contribution in [0.5, 0.6) is 0 Å². The second-order valence-electron chi connectivity index (χ2n) is 2.14. The molecule has 0 saturated carbocycles. The Hall–Kier alpha value is -0.610. The Kier molecular flexibility index (Phi) is 4.88. The van der Waals surface area contributed by atoms with Crippen molar-refractivity contribution in [2.45, 2.75) is 13.0 Å². The van der Waals surface area contributed by atoms with E-state index >= 15 is 0 Å². The molecule has 0 aliphatic heterocycles. The first-order valence-electron chi connectivity index (χ1n) is 3.19. The van der Waals surface area contributed by atoms with Gasteiger partial charge in [-0.05, 0) is 6.92 Å². The Morgan fingerprint density at radius 1 is 1.80 bits per heavy atom. The third-order valence-corrected chi connectivity index (χ3v) is 1.04. The van der Waals surface area contributed by atoms with E-state index in [0.29, 0.717) is 6.54 Å². The SMILES string of the molecule is COCC(=O)N[C@@H](C)CN. The maximum absolute atomic E-state index is 10.7. The Morgan fingerprint density at radius 3 is 2.80 bits per heavy atom. The van der Waals surface area contributed by atoms with E-state index in [1.807, 2.05) is 6.92 Å². The van der Waals surface area contributed by atoms with Gasteiger partial charge in [-0.3, -0.25) is 4.79 Å². The number of nitrogens with two attached hydrogens (primary N) is 1. The standard InChI is InChI=1S/C6H14N2O2/c1-5(3-7)8-6(9)4-10-2/h5H,3-4,7H2,1-2H3,(H,8,9)/t5-/m0/s1. The van der Waals surface area contributed by atoms with E-state index in [0.717, 1.165) is 0 Å². The molecular weight excluding hydrogens is 132 g/mol. The van der Waals surface area contributed by atoms with Crippen molar-refractivity contribution in [1.29, 1.82) is 0 Å². The van der Waals surface area contributed by atoms with Gasteiger partial charge in [0.15, 0.2) is 0 Å². The fourth-order valence-electron chi connectivity index (χ4n) is 0.507. The average Bonchev–Trinajstić information content (AvgIpc) is 1.88. The maximum atomic E-state index is 10.7. The number of nitrogens with one attached hydrogen (secondary N) is 1. The zero-order valence-corrected chi connectivity index (χ0v) is 6.39. The Morgan fingerprint density at radius 2 is 2.40 bits per heavy atom. The van der Waals surface area contributed by atoms with Crippen LogP contribution in [0.25, 0.3) is 0 Å². The first-order valence-corrected chi connectivity index (χ1v) is 3.19. The molecule has 60 valence electrons. The highest BCUT2D eigenvalue weighted by atomic mass is 16.5. The molecular formula is C6H14N2O2. The van der Waals surface area contributed by atoms with E-state index in [-0.39, 0.29) is 18.6 Å². The zero-order valence-electron chi connectivity index (χ0n) is 6.39. The lowest BCUT2D eigenvalue weighted by Crippen LogP contribution is -2.39. The van der Waals surface area contributed by atoms with E-state index in [1.165, 1.54) is 7.11 Å². The first-order chi connectivity index (χ1) is 4.70. The molecule has 0 saturated heterocycles. The Balaban J connectivity index is 3.37. The van der Waals surface area contributed by atoms with Gasteiger partial charge in [0.2, 0.25) is 5.91 Å². The molecule has 0 radical (unpaired) electrons. The van der Waals surface area contributed by atoms with Gasteiger partial charge in [0.05, 0.1) is 0 Å². The van der Waals surface area contributed by atoms with E-state index in [4.69, 9.17) is 5.73 Å². The second kappa shape index (κ2) is 5.20. The molecule has 0 rings (SSSR count). The zero-order chi connectivity index (χ0) is 7.98. The highest BCUT2D eigenvalue weighted by molar-refractivity contribution is 5.77. The summed E-state index contributed by atoms with van der Waals surface area (Å²) in [6, 6.07) is 0.0302. The molecule has 3 N–H and O–H groups in total. The molecule has 10 heavy (non-hydrogen) atoms. The summed E-state index contributed by atoms with van der Waals surface area (Å²) < 4.78 is 4.60. The lowest BCUT2D eigenvalue weighted by Gasteiger charge is -2.09. The average molecular weight is 146 g/mol. The molecule has 4 heteroatoms. The number of rotatable bonds is 4. The van der Waals surface area contributed by atoms with Crippen molar-refractivity contribution in [3.8, 4) is 0 Å². The van der Waals surface area contributed by atoms with E-state index in [1.54, 1.807) is 0 Å². The molecule has 1 amide bonds. The minimum absolute atomic E-state index is 0.0302. The fraction of sp³-hybridized carbons (Fsp3) is 0.833. The van der Waals surface area contributed by atoms with Gasteiger partial charge in [0.1, 0.15) is 6.61 Å². The van der Waals surface area contributed by atoms with E-state index in [9.17, 15) is 4.79 Å². The van der Waals surface area contributed by atoms with Crippen LogP contribution in [0.2, 0.25) is 0 Å². The summed E-state index contributed by atoms with van der Waals surface area (Å²) in [5, 5.41) is 2.64. The summed E-state index contributed by atoms with van der Waals surface area (Å²) in [5.41, 5.74) is 5.26. The highest BCUT2D eigenvalue weighted by Gasteiger charge is 2.02. The van der Waals surface area contributed by atoms with Gasteiger partial charge in [-0.15, -0.1) is 0 Å². The molecule has 0 aromatic carbocycles. The smallest absolute Gasteiger partial charge is 0.246 e. The predicted octanol–water partition coefficient (Wildman–Crippen LogP) is -0.904. The van der Waals surface area contributed by atoms with Gasteiger partial charge in [-0.1, -0.05) is 0 Å². The van der Waals surface area contributed by atoms with Crippen molar-refractivity contribution in [2.75, 3.05) is 20.3 Å². The number of hydrogen-bond acceptors (Lipinski definition) is 3. The van der Waals surface area contributed by atoms with Gasteiger partial charge < -0.3 is 15.8 Å². The predicted molar refractivity (Wildman–Crippen MR) is 38.5 cm³/mol. The van der Waals surface area contributed by atoms with Crippen LogP contribution in [0.3, 0.4) is 0 Å². The van der Waals surface area contributed by atoms with Gasteiger partial charge in [-0.25, -0.2) is 0 Å². The quantitative estimate of drug-likeness (QED) is 0.540. The minimum atomic E-state index is -0.125. The van der Waals surface area contributed by atoms with Gasteiger partial charge in [-0.2, -0.15) is 0 Å². The first kappa shape index (κ1) is 9.39. The van der Waals surface area contributed by atoms with Crippen molar-refractivity contribution in [3.05, 3.63) is 0 Å². The summed E-state index contributed by atoms with van der Waals surface area (Å²) in [5.74, 6) is -0.125. The number of carbonyl (C=O) groups is 1. The third-order valence-electron chi connectivity index (χ3n) is 1.04. The van der Waals surface area contributed by atoms with Crippen LogP contribution in [0.4, 0.5) is 0 Å². The summed E-state index contributed by atoms with van der Waals surface area (Å²) in [7, 11) is 1.48. The number of hydrogen-bond donors (Lipinski definition) is 2. The molecule has 0 heterocycles. The lowest BCUT2D eigenvalue weighted by atomic mass is 10.3. The molecule has 0 aliphatic rings. The van der Waals surface area contributed by atoms with Gasteiger partial charge in [0, 0.05) is 19.7 Å². The molecule has 0 bridgehead atoms. The molecule has 0 aromatic rings. The van der Waals surface area contributed by atoms with E-state index in [2.05, 4.69) is 10.1 Å². The Labute approximate surface area is 60.7 Å². The lowest BCUT2D eigenvalue weighted by molar-refractivity contribution is -0.125. The van der Waals surface area contributed by atoms with Crippen LogP contribution in [0.15, 0.2) is 0 Å². The summed E-state index contributed by atoms with van der Waals surface area (Å²) in [6.45, 7) is 2.40. The summed E-state index contributed by atoms with van der Waals surface area (Å²) in [4.78, 5) is 10.7. The second-order valence-corrected chi connectivity index (χ2v) is 2.14. The van der Waals surface area contributed by atoms with Crippen molar-refractivity contribution in [3.63, 3.8) is 0 Å². The normalized spacial score (nSPS) is 12.7.